The van der Waals surface area contributed by atoms with Crippen LogP contribution >= 0.6 is 11.6 Å². The largest absolute Gasteiger partial charge is 0.489 e. The van der Waals surface area contributed by atoms with Crippen LogP contribution in [0, 0.1) is 17.0 Å². The molecule has 31 heavy (non-hydrogen) atoms. The van der Waals surface area contributed by atoms with E-state index in [1.54, 1.807) is 19.1 Å². The molecule has 1 heterocycles. The zero-order valence-corrected chi connectivity index (χ0v) is 17.3. The summed E-state index contributed by atoms with van der Waals surface area (Å²) in [6.07, 6.45) is 3.39. The highest BCUT2D eigenvalue weighted by Gasteiger charge is 2.15. The highest BCUT2D eigenvalue weighted by atomic mass is 35.5. The first kappa shape index (κ1) is 22.1. The number of amides is 1. The molecular weight excluding hydrogens is 428 g/mol. The number of nitro benzene ring substituents is 1. The summed E-state index contributed by atoms with van der Waals surface area (Å²) < 4.78 is 16.1. The standard InChI is InChI=1S/C21H19ClN2O7/c1-13-9-15(24(27)28)4-5-17(13)23-19(25)12-31-20(26)6-3-14-10-16(22)21-18(11-14)29-7-2-8-30-21/h3-6,9-11H,2,7-8,12H2,1H3,(H,23,25)/b6-3+. The van der Waals surface area contributed by atoms with E-state index in [2.05, 4.69) is 5.32 Å². The van der Waals surface area contributed by atoms with Crippen molar-refractivity contribution in [1.29, 1.82) is 0 Å². The number of esters is 1. The van der Waals surface area contributed by atoms with E-state index < -0.39 is 23.4 Å². The van der Waals surface area contributed by atoms with Gasteiger partial charge in [0.05, 0.1) is 23.2 Å². The molecular formula is C21H19ClN2O7. The molecule has 1 aliphatic rings. The maximum atomic E-state index is 12.0. The Kier molecular flexibility index (Phi) is 7.09. The van der Waals surface area contributed by atoms with Gasteiger partial charge in [-0.25, -0.2) is 4.79 Å². The molecule has 0 saturated carbocycles. The van der Waals surface area contributed by atoms with E-state index in [9.17, 15) is 19.7 Å². The Morgan fingerprint density at radius 2 is 2.03 bits per heavy atom. The molecule has 0 saturated heterocycles. The highest BCUT2D eigenvalue weighted by Crippen LogP contribution is 2.38. The van der Waals surface area contributed by atoms with Crippen LogP contribution in [0.15, 0.2) is 36.4 Å². The van der Waals surface area contributed by atoms with Crippen LogP contribution in [-0.4, -0.2) is 36.6 Å². The van der Waals surface area contributed by atoms with E-state index >= 15 is 0 Å². The number of hydrogen-bond acceptors (Lipinski definition) is 7. The zero-order valence-electron chi connectivity index (χ0n) is 16.6. The average molecular weight is 447 g/mol. The molecule has 0 unspecified atom stereocenters. The molecule has 2 aromatic rings. The van der Waals surface area contributed by atoms with Gasteiger partial charge in [0, 0.05) is 30.3 Å². The number of benzene rings is 2. The van der Waals surface area contributed by atoms with E-state index in [1.807, 2.05) is 0 Å². The van der Waals surface area contributed by atoms with Gasteiger partial charge in [0.25, 0.3) is 11.6 Å². The second-order valence-corrected chi connectivity index (χ2v) is 7.03. The Morgan fingerprint density at radius 1 is 1.26 bits per heavy atom. The second kappa shape index (κ2) is 9.94. The number of non-ortho nitro benzene ring substituents is 1. The lowest BCUT2D eigenvalue weighted by Gasteiger charge is -2.10. The maximum Gasteiger partial charge on any atom is 0.331 e. The van der Waals surface area contributed by atoms with Crippen LogP contribution in [0.5, 0.6) is 11.5 Å². The molecule has 2 aromatic carbocycles. The van der Waals surface area contributed by atoms with Gasteiger partial charge < -0.3 is 19.5 Å². The van der Waals surface area contributed by atoms with Gasteiger partial charge in [-0.1, -0.05) is 11.6 Å². The number of carbonyl (C=O) groups excluding carboxylic acids is 2. The maximum absolute atomic E-state index is 12.0. The van der Waals surface area contributed by atoms with E-state index in [4.69, 9.17) is 25.8 Å². The number of aryl methyl sites for hydroxylation is 1. The first-order chi connectivity index (χ1) is 14.8. The van der Waals surface area contributed by atoms with Gasteiger partial charge >= 0.3 is 5.97 Å². The molecule has 1 aliphatic heterocycles. The normalized spacial score (nSPS) is 12.8. The minimum atomic E-state index is -0.723. The van der Waals surface area contributed by atoms with Crippen LogP contribution < -0.4 is 14.8 Å². The number of carbonyl (C=O) groups is 2. The minimum absolute atomic E-state index is 0.0815. The molecule has 0 aliphatic carbocycles. The molecule has 0 radical (unpaired) electrons. The van der Waals surface area contributed by atoms with Crippen LogP contribution in [0.1, 0.15) is 17.5 Å². The number of fused-ring (bicyclic) bond motifs is 1. The van der Waals surface area contributed by atoms with Gasteiger partial charge in [-0.2, -0.15) is 0 Å². The van der Waals surface area contributed by atoms with Gasteiger partial charge in [0.15, 0.2) is 18.1 Å². The van der Waals surface area contributed by atoms with E-state index in [1.165, 1.54) is 30.4 Å². The summed E-state index contributed by atoms with van der Waals surface area (Å²) in [5, 5.41) is 13.7. The first-order valence-corrected chi connectivity index (χ1v) is 9.70. The predicted molar refractivity (Wildman–Crippen MR) is 114 cm³/mol. The fourth-order valence-corrected chi connectivity index (χ4v) is 3.06. The van der Waals surface area contributed by atoms with Gasteiger partial charge in [-0.15, -0.1) is 0 Å². The van der Waals surface area contributed by atoms with Crippen molar-refractivity contribution in [3.8, 4) is 11.5 Å². The summed E-state index contributed by atoms with van der Waals surface area (Å²) in [6, 6.07) is 7.35. The number of nitrogens with zero attached hydrogens (tertiary/aromatic N) is 1. The van der Waals surface area contributed by atoms with Crippen molar-refractivity contribution in [2.45, 2.75) is 13.3 Å². The van der Waals surface area contributed by atoms with Gasteiger partial charge in [0.2, 0.25) is 0 Å². The average Bonchev–Trinajstić information content (AvgIpc) is 2.98. The lowest BCUT2D eigenvalue weighted by Crippen LogP contribution is -2.20. The van der Waals surface area contributed by atoms with Crippen molar-refractivity contribution < 1.29 is 28.7 Å². The highest BCUT2D eigenvalue weighted by molar-refractivity contribution is 6.32. The van der Waals surface area contributed by atoms with Crippen molar-refractivity contribution in [2.75, 3.05) is 25.1 Å². The predicted octanol–water partition coefficient (Wildman–Crippen LogP) is 3.91. The van der Waals surface area contributed by atoms with E-state index in [-0.39, 0.29) is 5.69 Å². The Labute approximate surface area is 182 Å². The molecule has 9 nitrogen and oxygen atoms in total. The molecule has 0 aromatic heterocycles. The number of halogens is 1. The van der Waals surface area contributed by atoms with Crippen molar-refractivity contribution in [3.05, 3.63) is 62.7 Å². The summed E-state index contributed by atoms with van der Waals surface area (Å²) in [6.45, 7) is 2.12. The molecule has 0 fully saturated rings. The van der Waals surface area contributed by atoms with Crippen molar-refractivity contribution in [1.82, 2.24) is 0 Å². The Bertz CT molecular complexity index is 1050. The first-order valence-electron chi connectivity index (χ1n) is 9.32. The molecule has 10 heteroatoms. The quantitative estimate of drug-likeness (QED) is 0.309. The van der Waals surface area contributed by atoms with Gasteiger partial charge in [-0.3, -0.25) is 14.9 Å². The van der Waals surface area contributed by atoms with Crippen LogP contribution in [0.25, 0.3) is 6.08 Å². The third kappa shape index (κ3) is 5.95. The fraction of sp³-hybridized carbons (Fsp3) is 0.238. The van der Waals surface area contributed by atoms with Crippen LogP contribution in [0.3, 0.4) is 0 Å². The summed E-state index contributed by atoms with van der Waals surface area (Å²) in [5.41, 5.74) is 1.43. The lowest BCUT2D eigenvalue weighted by molar-refractivity contribution is -0.384. The summed E-state index contributed by atoms with van der Waals surface area (Å²) >= 11 is 6.21. The van der Waals surface area contributed by atoms with Crippen LogP contribution in [0.2, 0.25) is 5.02 Å². The zero-order chi connectivity index (χ0) is 22.4. The van der Waals surface area contributed by atoms with Crippen LogP contribution in [0.4, 0.5) is 11.4 Å². The third-order valence-corrected chi connectivity index (χ3v) is 4.56. The second-order valence-electron chi connectivity index (χ2n) is 6.63. The molecule has 1 amide bonds. The van der Waals surface area contributed by atoms with Gasteiger partial charge in [0.1, 0.15) is 0 Å². The topological polar surface area (TPSA) is 117 Å². The smallest absolute Gasteiger partial charge is 0.331 e. The molecule has 162 valence electrons. The van der Waals surface area contributed by atoms with Crippen molar-refractivity contribution >= 4 is 40.9 Å². The lowest BCUT2D eigenvalue weighted by atomic mass is 10.2. The molecule has 0 atom stereocenters. The van der Waals surface area contributed by atoms with E-state index in [0.717, 1.165) is 6.42 Å². The number of ether oxygens (including phenoxy) is 3. The monoisotopic (exact) mass is 446 g/mol. The summed E-state index contributed by atoms with van der Waals surface area (Å²) in [7, 11) is 0. The molecule has 0 spiro atoms. The van der Waals surface area contributed by atoms with Gasteiger partial charge in [-0.05, 0) is 42.3 Å². The minimum Gasteiger partial charge on any atom is -0.489 e. The van der Waals surface area contributed by atoms with E-state index in [0.29, 0.717) is 46.5 Å². The van der Waals surface area contributed by atoms with Crippen LogP contribution in [-0.2, 0) is 14.3 Å². The number of nitro groups is 1. The molecule has 0 bridgehead atoms. The van der Waals surface area contributed by atoms with Crippen molar-refractivity contribution in [2.24, 2.45) is 0 Å². The molecule has 3 rings (SSSR count). The third-order valence-electron chi connectivity index (χ3n) is 4.28. The van der Waals surface area contributed by atoms with Crippen molar-refractivity contribution in [3.63, 3.8) is 0 Å². The SMILES string of the molecule is Cc1cc([N+](=O)[O-])ccc1NC(=O)COC(=O)/C=C/c1cc(Cl)c2c(c1)OCCCO2. The number of rotatable bonds is 6. The Morgan fingerprint density at radius 3 is 2.77 bits per heavy atom. The summed E-state index contributed by atoms with van der Waals surface area (Å²) in [5.74, 6) is -0.330. The Hall–Kier alpha value is -3.59. The molecule has 1 N–H and O–H groups in total. The number of nitrogens with one attached hydrogen (secondary N) is 1. The summed E-state index contributed by atoms with van der Waals surface area (Å²) in [4.78, 5) is 34.2. The fourth-order valence-electron chi connectivity index (χ4n) is 2.78. The number of anilines is 1. The number of hydrogen-bond donors (Lipinski definition) is 1. The Balaban J connectivity index is 1.55.